The summed E-state index contributed by atoms with van der Waals surface area (Å²) in [7, 11) is -2.99. The first-order chi connectivity index (χ1) is 6.06. The Morgan fingerprint density at radius 2 is 2.00 bits per heavy atom. The minimum absolute atomic E-state index is 0.0359. The fourth-order valence-corrected chi connectivity index (χ4v) is 3.86. The van der Waals surface area contributed by atoms with Gasteiger partial charge in [0.05, 0.1) is 23.0 Å². The zero-order valence-electron chi connectivity index (χ0n) is 7.86. The third-order valence-corrected chi connectivity index (χ3v) is 4.96. The summed E-state index contributed by atoms with van der Waals surface area (Å²) in [6, 6.07) is 1.97. The van der Waals surface area contributed by atoms with E-state index in [1.807, 2.05) is 6.07 Å². The molecule has 1 rings (SSSR count). The largest absolute Gasteiger partial charge is 0.229 e. The van der Waals surface area contributed by atoms with Crippen LogP contribution in [-0.4, -0.2) is 19.4 Å². The molecule has 1 atom stereocenters. The molecule has 0 spiro atoms. The van der Waals surface area contributed by atoms with Crippen LogP contribution in [-0.2, 0) is 9.84 Å². The molecule has 4 heteroatoms. The summed E-state index contributed by atoms with van der Waals surface area (Å²) >= 11 is 0. The van der Waals surface area contributed by atoms with Crippen molar-refractivity contribution in [2.75, 3.05) is 5.75 Å². The van der Waals surface area contributed by atoms with E-state index in [0.29, 0.717) is 0 Å². The lowest BCUT2D eigenvalue weighted by Gasteiger charge is -2.11. The molecule has 0 aromatic rings. The van der Waals surface area contributed by atoms with Crippen LogP contribution >= 0.6 is 0 Å². The van der Waals surface area contributed by atoms with Crippen molar-refractivity contribution in [2.45, 2.75) is 37.9 Å². The Hall–Kier alpha value is -0.560. The summed E-state index contributed by atoms with van der Waals surface area (Å²) in [5.41, 5.74) is 0. The van der Waals surface area contributed by atoms with Gasteiger partial charge in [0, 0.05) is 0 Å². The van der Waals surface area contributed by atoms with E-state index in [4.69, 9.17) is 5.26 Å². The van der Waals surface area contributed by atoms with Gasteiger partial charge in [-0.05, 0) is 19.8 Å². The molecule has 1 fully saturated rings. The van der Waals surface area contributed by atoms with Crippen LogP contribution in [0.2, 0.25) is 0 Å². The molecule has 74 valence electrons. The van der Waals surface area contributed by atoms with Crippen molar-refractivity contribution in [2.24, 2.45) is 5.92 Å². The van der Waals surface area contributed by atoms with Crippen molar-refractivity contribution in [3.63, 3.8) is 0 Å². The molecule has 0 heterocycles. The first-order valence-electron chi connectivity index (χ1n) is 4.67. The first kappa shape index (κ1) is 10.5. The van der Waals surface area contributed by atoms with Crippen LogP contribution in [0.1, 0.15) is 32.6 Å². The van der Waals surface area contributed by atoms with Crippen molar-refractivity contribution < 1.29 is 8.42 Å². The predicted octanol–water partition coefficient (Wildman–Crippen LogP) is 1.50. The van der Waals surface area contributed by atoms with Gasteiger partial charge in [-0.3, -0.25) is 0 Å². The molecule has 1 aliphatic carbocycles. The van der Waals surface area contributed by atoms with E-state index in [-0.39, 0.29) is 16.9 Å². The van der Waals surface area contributed by atoms with Crippen LogP contribution < -0.4 is 0 Å². The molecule has 0 aliphatic heterocycles. The lowest BCUT2D eigenvalue weighted by atomic mass is 10.3. The van der Waals surface area contributed by atoms with E-state index in [9.17, 15) is 8.42 Å². The summed E-state index contributed by atoms with van der Waals surface area (Å²) in [4.78, 5) is 0. The SMILES string of the molecule is CC(C#N)CS(=O)(=O)C1CCCC1. The summed E-state index contributed by atoms with van der Waals surface area (Å²) in [6.45, 7) is 1.66. The van der Waals surface area contributed by atoms with Gasteiger partial charge in [-0.25, -0.2) is 8.42 Å². The van der Waals surface area contributed by atoms with E-state index in [0.717, 1.165) is 25.7 Å². The normalized spacial score (nSPS) is 21.2. The van der Waals surface area contributed by atoms with Crippen molar-refractivity contribution in [3.05, 3.63) is 0 Å². The lowest BCUT2D eigenvalue weighted by molar-refractivity contribution is 0.573. The minimum atomic E-state index is -2.99. The Morgan fingerprint density at radius 1 is 1.46 bits per heavy atom. The highest BCUT2D eigenvalue weighted by Gasteiger charge is 2.29. The molecule has 3 nitrogen and oxygen atoms in total. The van der Waals surface area contributed by atoms with Gasteiger partial charge < -0.3 is 0 Å². The summed E-state index contributed by atoms with van der Waals surface area (Å²) in [5, 5.41) is 8.36. The number of rotatable bonds is 3. The Morgan fingerprint density at radius 3 is 2.46 bits per heavy atom. The molecule has 0 saturated heterocycles. The smallest absolute Gasteiger partial charge is 0.154 e. The van der Waals surface area contributed by atoms with Crippen LogP contribution in [0.25, 0.3) is 0 Å². The molecule has 0 aromatic heterocycles. The Bertz CT molecular complexity index is 296. The molecule has 0 N–H and O–H groups in total. The highest BCUT2D eigenvalue weighted by Crippen LogP contribution is 2.26. The van der Waals surface area contributed by atoms with E-state index in [1.165, 1.54) is 0 Å². The third-order valence-electron chi connectivity index (χ3n) is 2.51. The van der Waals surface area contributed by atoms with Crippen LogP contribution in [0.5, 0.6) is 0 Å². The van der Waals surface area contributed by atoms with Gasteiger partial charge in [-0.15, -0.1) is 0 Å². The Labute approximate surface area is 79.7 Å². The molecular formula is C9H15NO2S. The fourth-order valence-electron chi connectivity index (χ4n) is 1.77. The average Bonchev–Trinajstić information content (AvgIpc) is 2.55. The van der Waals surface area contributed by atoms with Crippen LogP contribution in [0.4, 0.5) is 0 Å². The maximum atomic E-state index is 11.7. The monoisotopic (exact) mass is 201 g/mol. The summed E-state index contributed by atoms with van der Waals surface area (Å²) in [5.74, 6) is -0.334. The second-order valence-electron chi connectivity index (χ2n) is 3.77. The highest BCUT2D eigenvalue weighted by atomic mass is 32.2. The van der Waals surface area contributed by atoms with E-state index < -0.39 is 9.84 Å². The number of hydrogen-bond acceptors (Lipinski definition) is 3. The number of hydrogen-bond donors (Lipinski definition) is 0. The number of nitrogens with zero attached hydrogens (tertiary/aromatic N) is 1. The molecule has 0 aromatic carbocycles. The number of nitriles is 1. The molecule has 1 unspecified atom stereocenters. The molecule has 1 saturated carbocycles. The van der Waals surface area contributed by atoms with E-state index >= 15 is 0 Å². The zero-order valence-corrected chi connectivity index (χ0v) is 8.68. The van der Waals surface area contributed by atoms with E-state index in [2.05, 4.69) is 0 Å². The Kier molecular flexibility index (Phi) is 3.32. The third kappa shape index (κ3) is 2.70. The van der Waals surface area contributed by atoms with Crippen LogP contribution in [0.15, 0.2) is 0 Å². The standard InChI is InChI=1S/C9H15NO2S/c1-8(6-10)7-13(11,12)9-4-2-3-5-9/h8-9H,2-5,7H2,1H3. The lowest BCUT2D eigenvalue weighted by Crippen LogP contribution is -2.24. The first-order valence-corrected chi connectivity index (χ1v) is 6.39. The predicted molar refractivity (Wildman–Crippen MR) is 50.8 cm³/mol. The van der Waals surface area contributed by atoms with Crippen LogP contribution in [0, 0.1) is 17.2 Å². The zero-order chi connectivity index (χ0) is 9.90. The van der Waals surface area contributed by atoms with Crippen molar-refractivity contribution in [1.82, 2.24) is 0 Å². The maximum absolute atomic E-state index is 11.7. The topological polar surface area (TPSA) is 57.9 Å². The Balaban J connectivity index is 2.61. The quantitative estimate of drug-likeness (QED) is 0.695. The summed E-state index contributed by atoms with van der Waals surface area (Å²) < 4.78 is 23.3. The van der Waals surface area contributed by atoms with Gasteiger partial charge in [-0.1, -0.05) is 12.8 Å². The van der Waals surface area contributed by atoms with Gasteiger partial charge in [0.15, 0.2) is 9.84 Å². The van der Waals surface area contributed by atoms with Gasteiger partial charge in [0.25, 0.3) is 0 Å². The fraction of sp³-hybridized carbons (Fsp3) is 0.889. The van der Waals surface area contributed by atoms with Crippen LogP contribution in [0.3, 0.4) is 0 Å². The van der Waals surface area contributed by atoms with Gasteiger partial charge in [0.2, 0.25) is 0 Å². The highest BCUT2D eigenvalue weighted by molar-refractivity contribution is 7.92. The molecule has 13 heavy (non-hydrogen) atoms. The van der Waals surface area contributed by atoms with Gasteiger partial charge >= 0.3 is 0 Å². The van der Waals surface area contributed by atoms with E-state index in [1.54, 1.807) is 6.92 Å². The second-order valence-corrected chi connectivity index (χ2v) is 6.09. The molecular weight excluding hydrogens is 186 g/mol. The van der Waals surface area contributed by atoms with Crippen molar-refractivity contribution in [3.8, 4) is 6.07 Å². The summed E-state index contributed by atoms with van der Waals surface area (Å²) in [6.07, 6.45) is 3.62. The van der Waals surface area contributed by atoms with Crippen molar-refractivity contribution >= 4 is 9.84 Å². The minimum Gasteiger partial charge on any atom is -0.229 e. The molecule has 1 aliphatic rings. The molecule has 0 amide bonds. The van der Waals surface area contributed by atoms with Crippen molar-refractivity contribution in [1.29, 1.82) is 5.26 Å². The number of sulfone groups is 1. The molecule has 0 bridgehead atoms. The molecule has 0 radical (unpaired) electrons. The van der Waals surface area contributed by atoms with Gasteiger partial charge in [-0.2, -0.15) is 5.26 Å². The average molecular weight is 201 g/mol. The second kappa shape index (κ2) is 4.10. The maximum Gasteiger partial charge on any atom is 0.154 e. The van der Waals surface area contributed by atoms with Gasteiger partial charge in [0.1, 0.15) is 0 Å².